The van der Waals surface area contributed by atoms with Gasteiger partial charge in [-0.15, -0.1) is 0 Å². The van der Waals surface area contributed by atoms with Crippen molar-refractivity contribution in [1.82, 2.24) is 24.6 Å². The molecule has 0 radical (unpaired) electrons. The van der Waals surface area contributed by atoms with E-state index in [4.69, 9.17) is 11.6 Å². The number of H-pyrrole nitrogens is 1. The van der Waals surface area contributed by atoms with Crippen molar-refractivity contribution in [2.24, 2.45) is 0 Å². The molecule has 0 bridgehead atoms. The van der Waals surface area contributed by atoms with Crippen LogP contribution in [0.2, 0.25) is 5.02 Å². The fraction of sp³-hybridized carbons (Fsp3) is 0.316. The predicted octanol–water partition coefficient (Wildman–Crippen LogP) is 1.70. The zero-order chi connectivity index (χ0) is 18.8. The van der Waals surface area contributed by atoms with Gasteiger partial charge >= 0.3 is 0 Å². The Hall–Kier alpha value is -2.64. The van der Waals surface area contributed by atoms with Gasteiger partial charge in [0.1, 0.15) is 11.2 Å². The molecule has 7 nitrogen and oxygen atoms in total. The van der Waals surface area contributed by atoms with Crippen LogP contribution >= 0.6 is 11.6 Å². The molecule has 8 heteroatoms. The highest BCUT2D eigenvalue weighted by atomic mass is 35.5. The molecule has 0 saturated carbocycles. The first-order valence-corrected chi connectivity index (χ1v) is 9.33. The molecule has 0 unspecified atom stereocenters. The van der Waals surface area contributed by atoms with Crippen LogP contribution in [0.5, 0.6) is 0 Å². The normalized spacial score (nSPS) is 15.1. The fourth-order valence-corrected chi connectivity index (χ4v) is 3.59. The molecule has 1 aliphatic heterocycles. The summed E-state index contributed by atoms with van der Waals surface area (Å²) < 4.78 is 1.78. The van der Waals surface area contributed by atoms with Crippen LogP contribution in [0.25, 0.3) is 5.52 Å². The average molecular weight is 386 g/mol. The third-order valence-corrected chi connectivity index (χ3v) is 4.96. The Kier molecular flexibility index (Phi) is 4.96. The van der Waals surface area contributed by atoms with Crippen molar-refractivity contribution in [2.75, 3.05) is 26.2 Å². The lowest BCUT2D eigenvalue weighted by atomic mass is 10.1. The summed E-state index contributed by atoms with van der Waals surface area (Å²) >= 11 is 6.06. The molecule has 1 amide bonds. The van der Waals surface area contributed by atoms with Gasteiger partial charge in [0.25, 0.3) is 11.5 Å². The summed E-state index contributed by atoms with van der Waals surface area (Å²) in [6.45, 7) is 3.15. The Bertz CT molecular complexity index is 1030. The lowest BCUT2D eigenvalue weighted by Crippen LogP contribution is -2.34. The fourth-order valence-electron chi connectivity index (χ4n) is 3.39. The molecular formula is C19H20ClN5O2. The summed E-state index contributed by atoms with van der Waals surface area (Å²) in [5.74, 6) is -0.0452. The second-order valence-electron chi connectivity index (χ2n) is 6.64. The molecule has 0 aliphatic carbocycles. The highest BCUT2D eigenvalue weighted by Gasteiger charge is 2.18. The largest absolute Gasteiger partial charge is 0.336 e. The minimum absolute atomic E-state index is 0.0452. The van der Waals surface area contributed by atoms with Gasteiger partial charge in [-0.05, 0) is 36.7 Å². The van der Waals surface area contributed by atoms with Gasteiger partial charge < -0.3 is 19.6 Å². The van der Waals surface area contributed by atoms with Gasteiger partial charge in [0.2, 0.25) is 0 Å². The maximum absolute atomic E-state index is 12.8. The minimum Gasteiger partial charge on any atom is -0.336 e. The van der Waals surface area contributed by atoms with E-state index in [1.165, 1.54) is 0 Å². The maximum Gasteiger partial charge on any atom is 0.272 e. The lowest BCUT2D eigenvalue weighted by Gasteiger charge is -2.19. The molecule has 0 spiro atoms. The topological polar surface area (TPSA) is 82.5 Å². The van der Waals surface area contributed by atoms with Crippen LogP contribution < -0.4 is 10.9 Å². The third kappa shape index (κ3) is 3.74. The Labute approximate surface area is 161 Å². The summed E-state index contributed by atoms with van der Waals surface area (Å²) in [5, 5.41) is 3.80. The summed E-state index contributed by atoms with van der Waals surface area (Å²) in [5.41, 5.74) is 2.58. The molecule has 2 N–H and O–H groups in total. The first-order chi connectivity index (χ1) is 13.1. The molecular weight excluding hydrogens is 366 g/mol. The van der Waals surface area contributed by atoms with E-state index in [9.17, 15) is 9.59 Å². The van der Waals surface area contributed by atoms with Crippen LogP contribution in [0.4, 0.5) is 0 Å². The Morgan fingerprint density at radius 1 is 1.26 bits per heavy atom. The molecule has 4 heterocycles. The quantitative estimate of drug-likeness (QED) is 0.719. The van der Waals surface area contributed by atoms with E-state index in [0.29, 0.717) is 29.2 Å². The number of rotatable bonds is 3. The van der Waals surface area contributed by atoms with Crippen LogP contribution in [0, 0.1) is 0 Å². The van der Waals surface area contributed by atoms with E-state index in [1.54, 1.807) is 29.1 Å². The Morgan fingerprint density at radius 3 is 3.04 bits per heavy atom. The van der Waals surface area contributed by atoms with Crippen LogP contribution in [0.15, 0.2) is 41.6 Å². The summed E-state index contributed by atoms with van der Waals surface area (Å²) in [4.78, 5) is 33.6. The van der Waals surface area contributed by atoms with Crippen molar-refractivity contribution in [3.05, 3.63) is 69.1 Å². The third-order valence-electron chi connectivity index (χ3n) is 4.75. The Balaban J connectivity index is 1.61. The van der Waals surface area contributed by atoms with Gasteiger partial charge in [0.15, 0.2) is 0 Å². The molecule has 3 aromatic heterocycles. The summed E-state index contributed by atoms with van der Waals surface area (Å²) in [6.07, 6.45) is 6.54. The number of hydrogen-bond donors (Lipinski definition) is 2. The minimum atomic E-state index is -0.189. The molecule has 0 aromatic carbocycles. The zero-order valence-electron chi connectivity index (χ0n) is 14.7. The van der Waals surface area contributed by atoms with Crippen molar-refractivity contribution < 1.29 is 4.79 Å². The molecule has 1 fully saturated rings. The van der Waals surface area contributed by atoms with E-state index < -0.39 is 0 Å². The first-order valence-electron chi connectivity index (χ1n) is 8.95. The van der Waals surface area contributed by atoms with Gasteiger partial charge in [0, 0.05) is 50.3 Å². The van der Waals surface area contributed by atoms with Gasteiger partial charge in [0.05, 0.1) is 5.02 Å². The van der Waals surface area contributed by atoms with E-state index in [1.807, 2.05) is 17.0 Å². The van der Waals surface area contributed by atoms with Crippen molar-refractivity contribution in [3.63, 3.8) is 0 Å². The van der Waals surface area contributed by atoms with Gasteiger partial charge in [-0.25, -0.2) is 0 Å². The van der Waals surface area contributed by atoms with Crippen molar-refractivity contribution in [1.29, 1.82) is 0 Å². The average Bonchev–Trinajstić information content (AvgIpc) is 2.89. The molecule has 4 rings (SSSR count). The highest BCUT2D eigenvalue weighted by Crippen LogP contribution is 2.16. The summed E-state index contributed by atoms with van der Waals surface area (Å²) in [7, 11) is 0. The number of aromatic amines is 1. The number of nitrogens with zero attached hydrogens (tertiary/aromatic N) is 3. The SMILES string of the molecule is O=C(c1cc(Cc2c[nH]c(=O)c3cc(Cl)cn23)ccn1)N1CCCNCC1. The monoisotopic (exact) mass is 385 g/mol. The second kappa shape index (κ2) is 7.54. The van der Waals surface area contributed by atoms with Crippen LogP contribution in [0.3, 0.4) is 0 Å². The van der Waals surface area contributed by atoms with Crippen molar-refractivity contribution in [2.45, 2.75) is 12.8 Å². The van der Waals surface area contributed by atoms with Crippen molar-refractivity contribution >= 4 is 23.0 Å². The standard InChI is InChI=1S/C19H20ClN5O2/c20-14-10-17-18(26)23-11-15(25(17)12-14)8-13-2-4-22-16(9-13)19(27)24-6-1-3-21-5-7-24/h2,4,9-12,21H,1,3,5-8H2,(H,23,26). The van der Waals surface area contributed by atoms with Crippen LogP contribution in [0.1, 0.15) is 28.2 Å². The maximum atomic E-state index is 12.8. The number of pyridine rings is 1. The molecule has 27 heavy (non-hydrogen) atoms. The number of hydrogen-bond acceptors (Lipinski definition) is 4. The number of fused-ring (bicyclic) bond motifs is 1. The smallest absolute Gasteiger partial charge is 0.272 e. The Morgan fingerprint density at radius 2 is 2.15 bits per heavy atom. The number of nitrogens with one attached hydrogen (secondary N) is 2. The van der Waals surface area contributed by atoms with Gasteiger partial charge in [-0.1, -0.05) is 11.6 Å². The highest BCUT2D eigenvalue weighted by molar-refractivity contribution is 6.31. The van der Waals surface area contributed by atoms with Crippen LogP contribution in [-0.2, 0) is 6.42 Å². The zero-order valence-corrected chi connectivity index (χ0v) is 15.5. The molecule has 1 saturated heterocycles. The number of amides is 1. The number of carbonyl (C=O) groups is 1. The van der Waals surface area contributed by atoms with E-state index in [-0.39, 0.29) is 11.5 Å². The van der Waals surface area contributed by atoms with Crippen molar-refractivity contribution in [3.8, 4) is 0 Å². The number of halogens is 1. The number of carbonyl (C=O) groups excluding carboxylic acids is 1. The van der Waals surface area contributed by atoms with E-state index in [2.05, 4.69) is 15.3 Å². The van der Waals surface area contributed by atoms with Crippen LogP contribution in [-0.4, -0.2) is 51.4 Å². The lowest BCUT2D eigenvalue weighted by molar-refractivity contribution is 0.0760. The second-order valence-corrected chi connectivity index (χ2v) is 7.08. The molecule has 0 atom stereocenters. The molecule has 140 valence electrons. The van der Waals surface area contributed by atoms with E-state index >= 15 is 0 Å². The van der Waals surface area contributed by atoms with Gasteiger partial charge in [-0.2, -0.15) is 0 Å². The van der Waals surface area contributed by atoms with Gasteiger partial charge in [-0.3, -0.25) is 14.6 Å². The predicted molar refractivity (Wildman–Crippen MR) is 103 cm³/mol. The molecule has 1 aliphatic rings. The molecule has 3 aromatic rings. The van der Waals surface area contributed by atoms with E-state index in [0.717, 1.165) is 37.3 Å². The first kappa shape index (κ1) is 17.8. The summed E-state index contributed by atoms with van der Waals surface area (Å²) in [6, 6.07) is 5.34. The number of aromatic nitrogens is 3.